The van der Waals surface area contributed by atoms with E-state index in [1.54, 1.807) is 17.7 Å². The van der Waals surface area contributed by atoms with Crippen molar-refractivity contribution in [1.29, 1.82) is 0 Å². The Balaban J connectivity index is 1.43. The second-order valence-corrected chi connectivity index (χ2v) is 8.03. The van der Waals surface area contributed by atoms with Crippen LogP contribution in [-0.4, -0.2) is 46.0 Å². The average Bonchev–Trinajstić information content (AvgIpc) is 3.27. The number of anilines is 1. The van der Waals surface area contributed by atoms with Gasteiger partial charge in [-0.3, -0.25) is 4.90 Å². The number of aromatic nitrogens is 3. The van der Waals surface area contributed by atoms with E-state index >= 15 is 0 Å². The SMILES string of the molecule is Clc1nc(N2CCCC2)sc1CN1CCCC(c2ccncn2)C1. The van der Waals surface area contributed by atoms with Gasteiger partial charge in [-0.25, -0.2) is 15.0 Å². The van der Waals surface area contributed by atoms with E-state index in [1.807, 2.05) is 12.3 Å². The minimum atomic E-state index is 0.492. The standard InChI is InChI=1S/C17H22ClN5S/c18-16-15(24-17(21-16)23-8-1-2-9-23)11-22-7-3-4-13(10-22)14-5-6-19-12-20-14/h5-6,12-13H,1-4,7-11H2. The summed E-state index contributed by atoms with van der Waals surface area (Å²) in [5.41, 5.74) is 1.16. The van der Waals surface area contributed by atoms with Crippen LogP contribution in [0.4, 0.5) is 5.13 Å². The van der Waals surface area contributed by atoms with Gasteiger partial charge in [0.2, 0.25) is 0 Å². The molecule has 2 saturated heterocycles. The molecule has 5 nitrogen and oxygen atoms in total. The minimum absolute atomic E-state index is 0.492. The lowest BCUT2D eigenvalue weighted by Gasteiger charge is -2.32. The molecule has 4 heterocycles. The molecule has 0 amide bonds. The van der Waals surface area contributed by atoms with Gasteiger partial charge in [0.05, 0.1) is 4.88 Å². The summed E-state index contributed by atoms with van der Waals surface area (Å²) < 4.78 is 0. The summed E-state index contributed by atoms with van der Waals surface area (Å²) in [6, 6.07) is 2.04. The number of nitrogens with zero attached hydrogens (tertiary/aromatic N) is 5. The van der Waals surface area contributed by atoms with Gasteiger partial charge >= 0.3 is 0 Å². The lowest BCUT2D eigenvalue weighted by molar-refractivity contribution is 0.200. The zero-order valence-electron chi connectivity index (χ0n) is 13.7. The maximum Gasteiger partial charge on any atom is 0.187 e. The molecule has 2 aliphatic rings. The molecule has 0 saturated carbocycles. The van der Waals surface area contributed by atoms with E-state index in [2.05, 4.69) is 24.8 Å². The van der Waals surface area contributed by atoms with Crippen molar-refractivity contribution in [2.75, 3.05) is 31.1 Å². The van der Waals surface area contributed by atoms with Gasteiger partial charge in [0, 0.05) is 44.0 Å². The van der Waals surface area contributed by atoms with Crippen molar-refractivity contribution in [3.63, 3.8) is 0 Å². The maximum absolute atomic E-state index is 6.42. The molecule has 2 aliphatic heterocycles. The molecular formula is C17H22ClN5S. The maximum atomic E-state index is 6.42. The van der Waals surface area contributed by atoms with Crippen molar-refractivity contribution in [2.45, 2.75) is 38.1 Å². The van der Waals surface area contributed by atoms with Crippen LogP contribution in [0.3, 0.4) is 0 Å². The molecule has 0 aromatic carbocycles. The van der Waals surface area contributed by atoms with E-state index < -0.39 is 0 Å². The molecular weight excluding hydrogens is 342 g/mol. The fraction of sp³-hybridized carbons (Fsp3) is 0.588. The average molecular weight is 364 g/mol. The molecule has 0 N–H and O–H groups in total. The molecule has 0 bridgehead atoms. The molecule has 1 atom stereocenters. The van der Waals surface area contributed by atoms with Crippen LogP contribution in [0.2, 0.25) is 5.15 Å². The normalized spacial score (nSPS) is 22.2. The van der Waals surface area contributed by atoms with E-state index in [0.29, 0.717) is 11.1 Å². The molecule has 2 aromatic rings. The number of thiazole rings is 1. The smallest absolute Gasteiger partial charge is 0.187 e. The third-order valence-corrected chi connectivity index (χ3v) is 6.44. The minimum Gasteiger partial charge on any atom is -0.348 e. The second-order valence-electron chi connectivity index (χ2n) is 6.61. The van der Waals surface area contributed by atoms with E-state index in [9.17, 15) is 0 Å². The molecule has 4 rings (SSSR count). The quantitative estimate of drug-likeness (QED) is 0.831. The summed E-state index contributed by atoms with van der Waals surface area (Å²) in [5, 5.41) is 1.78. The topological polar surface area (TPSA) is 45.2 Å². The van der Waals surface area contributed by atoms with Crippen molar-refractivity contribution in [3.8, 4) is 0 Å². The number of piperidine rings is 1. The van der Waals surface area contributed by atoms with Crippen LogP contribution in [0.25, 0.3) is 0 Å². The van der Waals surface area contributed by atoms with Crippen molar-refractivity contribution < 1.29 is 0 Å². The Bertz CT molecular complexity index is 671. The van der Waals surface area contributed by atoms with Crippen molar-refractivity contribution in [1.82, 2.24) is 19.9 Å². The van der Waals surface area contributed by atoms with Gasteiger partial charge in [-0.15, -0.1) is 0 Å². The van der Waals surface area contributed by atoms with Crippen LogP contribution in [0, 0.1) is 0 Å². The first-order valence-corrected chi connectivity index (χ1v) is 9.87. The van der Waals surface area contributed by atoms with Gasteiger partial charge in [-0.2, -0.15) is 0 Å². The summed E-state index contributed by atoms with van der Waals surface area (Å²) in [7, 11) is 0. The fourth-order valence-corrected chi connectivity index (χ4v) is 5.00. The first-order valence-electron chi connectivity index (χ1n) is 8.68. The summed E-state index contributed by atoms with van der Waals surface area (Å²) >= 11 is 8.18. The number of halogens is 1. The highest BCUT2D eigenvalue weighted by Gasteiger charge is 2.25. The Morgan fingerprint density at radius 2 is 2.08 bits per heavy atom. The summed E-state index contributed by atoms with van der Waals surface area (Å²) in [5.74, 6) is 0.492. The molecule has 0 spiro atoms. The number of hydrogen-bond donors (Lipinski definition) is 0. The Labute approximate surface area is 151 Å². The highest BCUT2D eigenvalue weighted by molar-refractivity contribution is 7.16. The molecule has 1 unspecified atom stereocenters. The van der Waals surface area contributed by atoms with Crippen LogP contribution in [-0.2, 0) is 6.54 Å². The third-order valence-electron chi connectivity index (χ3n) is 4.91. The Kier molecular flexibility index (Phi) is 4.96. The van der Waals surface area contributed by atoms with E-state index in [1.165, 1.54) is 30.6 Å². The van der Waals surface area contributed by atoms with Crippen LogP contribution >= 0.6 is 22.9 Å². The zero-order valence-corrected chi connectivity index (χ0v) is 15.3. The summed E-state index contributed by atoms with van der Waals surface area (Å²) in [6.45, 7) is 5.27. The molecule has 7 heteroatoms. The zero-order chi connectivity index (χ0) is 16.4. The van der Waals surface area contributed by atoms with Gasteiger partial charge in [-0.1, -0.05) is 22.9 Å². The first-order chi connectivity index (χ1) is 11.8. The van der Waals surface area contributed by atoms with Gasteiger partial charge < -0.3 is 4.90 Å². The first kappa shape index (κ1) is 16.2. The molecule has 24 heavy (non-hydrogen) atoms. The van der Waals surface area contributed by atoms with Crippen LogP contribution in [0.5, 0.6) is 0 Å². The van der Waals surface area contributed by atoms with Gasteiger partial charge in [0.25, 0.3) is 0 Å². The lowest BCUT2D eigenvalue weighted by atomic mass is 9.94. The monoisotopic (exact) mass is 363 g/mol. The Morgan fingerprint density at radius 1 is 1.21 bits per heavy atom. The lowest BCUT2D eigenvalue weighted by Crippen LogP contribution is -2.34. The van der Waals surface area contributed by atoms with Crippen LogP contribution in [0.15, 0.2) is 18.6 Å². The molecule has 0 radical (unpaired) electrons. The van der Waals surface area contributed by atoms with Crippen LogP contribution < -0.4 is 4.90 Å². The number of hydrogen-bond acceptors (Lipinski definition) is 6. The van der Waals surface area contributed by atoms with E-state index in [0.717, 1.165) is 43.5 Å². The Hall–Kier alpha value is -1.24. The molecule has 0 aliphatic carbocycles. The molecule has 128 valence electrons. The van der Waals surface area contributed by atoms with Crippen molar-refractivity contribution in [2.24, 2.45) is 0 Å². The number of rotatable bonds is 4. The summed E-state index contributed by atoms with van der Waals surface area (Å²) in [6.07, 6.45) is 8.41. The highest BCUT2D eigenvalue weighted by Crippen LogP contribution is 2.34. The number of likely N-dealkylation sites (tertiary alicyclic amines) is 1. The van der Waals surface area contributed by atoms with E-state index in [-0.39, 0.29) is 0 Å². The second kappa shape index (κ2) is 7.33. The van der Waals surface area contributed by atoms with Crippen molar-refractivity contribution >= 4 is 28.1 Å². The van der Waals surface area contributed by atoms with Gasteiger partial charge in [-0.05, 0) is 38.3 Å². The largest absolute Gasteiger partial charge is 0.348 e. The fourth-order valence-electron chi connectivity index (χ4n) is 3.65. The van der Waals surface area contributed by atoms with Crippen LogP contribution in [0.1, 0.15) is 42.2 Å². The molecule has 2 fully saturated rings. The predicted molar refractivity (Wildman–Crippen MR) is 97.9 cm³/mol. The van der Waals surface area contributed by atoms with E-state index in [4.69, 9.17) is 11.6 Å². The Morgan fingerprint density at radius 3 is 2.88 bits per heavy atom. The van der Waals surface area contributed by atoms with Gasteiger partial charge in [0.15, 0.2) is 5.13 Å². The predicted octanol–water partition coefficient (Wildman–Crippen LogP) is 3.57. The van der Waals surface area contributed by atoms with Gasteiger partial charge in [0.1, 0.15) is 11.5 Å². The molecule has 2 aromatic heterocycles. The summed E-state index contributed by atoms with van der Waals surface area (Å²) in [4.78, 5) is 19.1. The highest BCUT2D eigenvalue weighted by atomic mass is 35.5. The third kappa shape index (κ3) is 3.55. The van der Waals surface area contributed by atoms with Crippen molar-refractivity contribution in [3.05, 3.63) is 34.3 Å².